The predicted octanol–water partition coefficient (Wildman–Crippen LogP) is 3.83. The van der Waals surface area contributed by atoms with E-state index in [0.29, 0.717) is 10.0 Å². The van der Waals surface area contributed by atoms with E-state index >= 15 is 0 Å². The smallest absolute Gasteiger partial charge is 0.280 e. The van der Waals surface area contributed by atoms with Gasteiger partial charge in [0.05, 0.1) is 0 Å². The highest BCUT2D eigenvalue weighted by Gasteiger charge is 2.30. The van der Waals surface area contributed by atoms with Crippen LogP contribution in [0.4, 0.5) is 0 Å². The van der Waals surface area contributed by atoms with Crippen LogP contribution in [0.15, 0.2) is 33.6 Å². The molecule has 1 aromatic heterocycles. The maximum Gasteiger partial charge on any atom is 0.280 e. The molecule has 0 unspecified atom stereocenters. The molecule has 3 rings (SSSR count). The molecule has 1 aromatic carbocycles. The fourth-order valence-electron chi connectivity index (χ4n) is 3.00. The van der Waals surface area contributed by atoms with Crippen LogP contribution in [0.5, 0.6) is 0 Å². The van der Waals surface area contributed by atoms with Crippen LogP contribution in [0, 0.1) is 0 Å². The summed E-state index contributed by atoms with van der Waals surface area (Å²) in [4.78, 5) is 13.5. The number of hydrogen-bond acceptors (Lipinski definition) is 3. The molecule has 1 aliphatic rings. The van der Waals surface area contributed by atoms with E-state index < -0.39 is 0 Å². The van der Waals surface area contributed by atoms with Gasteiger partial charge in [0, 0.05) is 28.1 Å². The molecule has 0 radical (unpaired) electrons. The first-order valence-corrected chi connectivity index (χ1v) is 7.63. The summed E-state index contributed by atoms with van der Waals surface area (Å²) < 4.78 is 5.26. The molecule has 1 aliphatic heterocycles. The molecule has 2 aromatic rings. The predicted molar refractivity (Wildman–Crippen MR) is 83.1 cm³/mol. The van der Waals surface area contributed by atoms with E-state index in [1.54, 1.807) is 6.07 Å². The van der Waals surface area contributed by atoms with Gasteiger partial charge in [0.15, 0.2) is 0 Å². The highest BCUT2D eigenvalue weighted by atomic mass is 35.5. The van der Waals surface area contributed by atoms with Crippen LogP contribution in [-0.2, 0) is 0 Å². The number of rotatable bonds is 2. The zero-order chi connectivity index (χ0) is 15.0. The number of nitrogens with zero attached hydrogens (tertiary/aromatic N) is 1. The van der Waals surface area contributed by atoms with Gasteiger partial charge in [0.25, 0.3) is 5.56 Å². The third kappa shape index (κ3) is 3.18. The highest BCUT2D eigenvalue weighted by Crippen LogP contribution is 2.39. The van der Waals surface area contributed by atoms with Crippen LogP contribution < -0.4 is 5.56 Å². The van der Waals surface area contributed by atoms with Gasteiger partial charge < -0.3 is 4.52 Å². The Morgan fingerprint density at radius 2 is 1.95 bits per heavy atom. The van der Waals surface area contributed by atoms with Gasteiger partial charge in [-0.15, -0.1) is 0 Å². The average Bonchev–Trinajstić information content (AvgIpc) is 2.85. The summed E-state index contributed by atoms with van der Waals surface area (Å²) >= 11 is 12.2. The van der Waals surface area contributed by atoms with E-state index in [2.05, 4.69) is 17.1 Å². The van der Waals surface area contributed by atoms with Crippen molar-refractivity contribution >= 4 is 23.2 Å². The van der Waals surface area contributed by atoms with Gasteiger partial charge in [-0.3, -0.25) is 9.69 Å². The third-order valence-corrected chi connectivity index (χ3v) is 4.52. The van der Waals surface area contributed by atoms with E-state index in [0.717, 1.165) is 30.7 Å². The second kappa shape index (κ2) is 5.87. The quantitative estimate of drug-likeness (QED) is 0.912. The summed E-state index contributed by atoms with van der Waals surface area (Å²) in [5, 5.41) is 3.64. The summed E-state index contributed by atoms with van der Waals surface area (Å²) in [6.07, 6.45) is 1.83. The molecule has 112 valence electrons. The molecule has 1 fully saturated rings. The second-order valence-electron chi connectivity index (χ2n) is 5.54. The minimum absolute atomic E-state index is 0.189. The molecule has 1 saturated heterocycles. The number of piperidine rings is 1. The molecule has 4 nitrogen and oxygen atoms in total. The van der Waals surface area contributed by atoms with Crippen molar-refractivity contribution in [1.29, 1.82) is 0 Å². The first kappa shape index (κ1) is 14.7. The number of halogens is 2. The number of aromatic nitrogens is 1. The largest absolute Gasteiger partial charge is 0.383 e. The second-order valence-corrected chi connectivity index (χ2v) is 6.41. The van der Waals surface area contributed by atoms with Crippen molar-refractivity contribution in [2.45, 2.75) is 24.8 Å². The lowest BCUT2D eigenvalue weighted by Crippen LogP contribution is -2.33. The van der Waals surface area contributed by atoms with Gasteiger partial charge >= 0.3 is 0 Å². The minimum atomic E-state index is -0.189. The monoisotopic (exact) mass is 326 g/mol. The van der Waals surface area contributed by atoms with Crippen molar-refractivity contribution in [2.24, 2.45) is 0 Å². The fraction of sp³-hybridized carbons (Fsp3) is 0.400. The molecule has 2 atom stereocenters. The van der Waals surface area contributed by atoms with E-state index in [1.807, 2.05) is 12.1 Å². The van der Waals surface area contributed by atoms with Gasteiger partial charge in [-0.2, -0.15) is 5.16 Å². The first-order chi connectivity index (χ1) is 10.0. The minimum Gasteiger partial charge on any atom is -0.383 e. The van der Waals surface area contributed by atoms with Crippen molar-refractivity contribution < 1.29 is 4.52 Å². The van der Waals surface area contributed by atoms with Crippen molar-refractivity contribution in [3.8, 4) is 0 Å². The van der Waals surface area contributed by atoms with E-state index in [9.17, 15) is 4.79 Å². The van der Waals surface area contributed by atoms with Crippen molar-refractivity contribution in [3.63, 3.8) is 0 Å². The lowest BCUT2D eigenvalue weighted by Gasteiger charge is -2.36. The SMILES string of the molecule is CN1CC[C@H](c2cc(=O)[nH]o2)C[C@H]1c1cc(Cl)cc(Cl)c1. The Labute approximate surface area is 132 Å². The maximum absolute atomic E-state index is 11.2. The zero-order valence-corrected chi connectivity index (χ0v) is 13.1. The van der Waals surface area contributed by atoms with Crippen LogP contribution in [0.25, 0.3) is 0 Å². The lowest BCUT2D eigenvalue weighted by molar-refractivity contribution is 0.157. The molecule has 0 aliphatic carbocycles. The Balaban J connectivity index is 1.88. The average molecular weight is 327 g/mol. The number of aromatic amines is 1. The molecular weight excluding hydrogens is 311 g/mol. The first-order valence-electron chi connectivity index (χ1n) is 6.87. The Morgan fingerprint density at radius 3 is 2.57 bits per heavy atom. The van der Waals surface area contributed by atoms with Gasteiger partial charge in [-0.25, -0.2) is 0 Å². The Morgan fingerprint density at radius 1 is 1.24 bits per heavy atom. The number of nitrogens with one attached hydrogen (secondary N) is 1. The van der Waals surface area contributed by atoms with Crippen molar-refractivity contribution in [1.82, 2.24) is 10.1 Å². The lowest BCUT2D eigenvalue weighted by atomic mass is 9.86. The number of H-pyrrole nitrogens is 1. The summed E-state index contributed by atoms with van der Waals surface area (Å²) in [6.45, 7) is 0.925. The Bertz CT molecular complexity index is 675. The fourth-order valence-corrected chi connectivity index (χ4v) is 3.54. The summed E-state index contributed by atoms with van der Waals surface area (Å²) in [5.74, 6) is 0.953. The zero-order valence-electron chi connectivity index (χ0n) is 11.6. The van der Waals surface area contributed by atoms with Gasteiger partial charge in [-0.05, 0) is 50.2 Å². The Hall–Kier alpha value is -1.23. The topological polar surface area (TPSA) is 49.2 Å². The molecule has 6 heteroatoms. The van der Waals surface area contributed by atoms with Crippen molar-refractivity contribution in [2.75, 3.05) is 13.6 Å². The molecular formula is C15H16Cl2N2O2. The molecule has 21 heavy (non-hydrogen) atoms. The molecule has 0 bridgehead atoms. The number of benzene rings is 1. The summed E-state index contributed by atoms with van der Waals surface area (Å²) in [6, 6.07) is 7.38. The van der Waals surface area contributed by atoms with Crippen LogP contribution in [0.2, 0.25) is 10.0 Å². The van der Waals surface area contributed by atoms with Gasteiger partial charge in [0.1, 0.15) is 5.76 Å². The molecule has 2 heterocycles. The van der Waals surface area contributed by atoms with E-state index in [4.69, 9.17) is 27.7 Å². The van der Waals surface area contributed by atoms with Crippen LogP contribution in [-0.4, -0.2) is 23.6 Å². The highest BCUT2D eigenvalue weighted by molar-refractivity contribution is 6.34. The van der Waals surface area contributed by atoms with Crippen LogP contribution in [0.3, 0.4) is 0 Å². The molecule has 0 spiro atoms. The normalized spacial score (nSPS) is 23.4. The van der Waals surface area contributed by atoms with E-state index in [1.165, 1.54) is 6.07 Å². The third-order valence-electron chi connectivity index (χ3n) is 4.08. The van der Waals surface area contributed by atoms with Crippen LogP contribution in [0.1, 0.15) is 36.1 Å². The molecule has 0 saturated carbocycles. The van der Waals surface area contributed by atoms with Gasteiger partial charge in [-0.1, -0.05) is 23.2 Å². The summed E-state index contributed by atoms with van der Waals surface area (Å²) in [5.41, 5.74) is 0.906. The molecule has 1 N–H and O–H groups in total. The Kier molecular flexibility index (Phi) is 4.11. The summed E-state index contributed by atoms with van der Waals surface area (Å²) in [7, 11) is 2.09. The number of hydrogen-bond donors (Lipinski definition) is 1. The maximum atomic E-state index is 11.2. The van der Waals surface area contributed by atoms with Crippen molar-refractivity contribution in [3.05, 3.63) is 56.0 Å². The molecule has 0 amide bonds. The van der Waals surface area contributed by atoms with Gasteiger partial charge in [0.2, 0.25) is 0 Å². The van der Waals surface area contributed by atoms with E-state index in [-0.39, 0.29) is 17.5 Å². The number of likely N-dealkylation sites (tertiary alicyclic amines) is 1. The van der Waals surface area contributed by atoms with Crippen LogP contribution >= 0.6 is 23.2 Å². The standard InChI is InChI=1S/C15H16Cl2N2O2/c1-19-3-2-9(14-8-15(20)18-21-14)6-13(19)10-4-11(16)7-12(17)5-10/h4-5,7-9,13H,2-3,6H2,1H3,(H,18,20)/t9-,13-/m0/s1.